The van der Waals surface area contributed by atoms with E-state index >= 15 is 0 Å². The van der Waals surface area contributed by atoms with Gasteiger partial charge in [-0.25, -0.2) is 13.4 Å². The fourth-order valence-electron chi connectivity index (χ4n) is 4.30. The lowest BCUT2D eigenvalue weighted by Crippen LogP contribution is -2.27. The Morgan fingerprint density at radius 2 is 1.82 bits per heavy atom. The summed E-state index contributed by atoms with van der Waals surface area (Å²) in [4.78, 5) is 8.58. The highest BCUT2D eigenvalue weighted by molar-refractivity contribution is 7.92. The molecule has 1 aliphatic heterocycles. The second kappa shape index (κ2) is 15.2. The number of hydrogen-bond donors (Lipinski definition) is 3. The predicted octanol–water partition coefficient (Wildman–Crippen LogP) is 5.93. The Morgan fingerprint density at radius 3 is 2.41 bits per heavy atom. The van der Waals surface area contributed by atoms with E-state index in [0.717, 1.165) is 31.5 Å². The maximum atomic E-state index is 13.0. The van der Waals surface area contributed by atoms with E-state index in [-0.39, 0.29) is 27.6 Å². The van der Waals surface area contributed by atoms with E-state index < -0.39 is 15.1 Å². The number of anilines is 1. The third-order valence-corrected chi connectivity index (χ3v) is 8.69. The number of nitrogens with one attached hydrogen (secondary N) is 2. The summed E-state index contributed by atoms with van der Waals surface area (Å²) in [5.74, 6) is 1.38. The molecule has 0 amide bonds. The summed E-state index contributed by atoms with van der Waals surface area (Å²) in [6, 6.07) is 10.8. The monoisotopic (exact) mass is 575 g/mol. The van der Waals surface area contributed by atoms with Crippen LogP contribution in [0.4, 0.5) is 11.4 Å². The van der Waals surface area contributed by atoms with Crippen LogP contribution in [-0.4, -0.2) is 52.5 Å². The number of aliphatic imine (C=N–C) groups is 2. The summed E-state index contributed by atoms with van der Waals surface area (Å²) in [5.41, 5.74) is 7.87. The molecule has 0 aliphatic carbocycles. The molecule has 0 unspecified atom stereocenters. The highest BCUT2D eigenvalue weighted by atomic mass is 35.5. The van der Waals surface area contributed by atoms with Gasteiger partial charge in [0.1, 0.15) is 10.8 Å². The van der Waals surface area contributed by atoms with Crippen LogP contribution in [0.3, 0.4) is 0 Å². The van der Waals surface area contributed by atoms with Crippen LogP contribution in [0.2, 0.25) is 0 Å². The molecule has 0 spiro atoms. The minimum atomic E-state index is -3.58. The van der Waals surface area contributed by atoms with Crippen LogP contribution in [0.25, 0.3) is 0 Å². The van der Waals surface area contributed by atoms with Crippen molar-refractivity contribution >= 4 is 45.4 Å². The first-order valence-corrected chi connectivity index (χ1v) is 15.1. The molecule has 1 heterocycles. The van der Waals surface area contributed by atoms with Crippen molar-refractivity contribution in [3.8, 4) is 5.75 Å². The van der Waals surface area contributed by atoms with Crippen LogP contribution in [-0.2, 0) is 9.84 Å². The summed E-state index contributed by atoms with van der Waals surface area (Å²) < 4.78 is 32.2. The highest BCUT2D eigenvalue weighted by Gasteiger charge is 2.24. The molecule has 1 fully saturated rings. The quantitative estimate of drug-likeness (QED) is 0.252. The molecule has 2 aromatic carbocycles. The van der Waals surface area contributed by atoms with Crippen LogP contribution in [0, 0.1) is 6.92 Å². The van der Waals surface area contributed by atoms with Crippen molar-refractivity contribution in [2.45, 2.75) is 69.6 Å². The van der Waals surface area contributed by atoms with Crippen LogP contribution in [0.5, 0.6) is 5.75 Å². The van der Waals surface area contributed by atoms with Crippen molar-refractivity contribution in [2.75, 3.05) is 25.5 Å². The number of ether oxygens (including phenoxy) is 1. The normalized spacial score (nSPS) is 15.1. The molecule has 214 valence electrons. The summed E-state index contributed by atoms with van der Waals surface area (Å²) >= 11 is 6.56. The Bertz CT molecular complexity index is 1280. The molecule has 10 heteroatoms. The van der Waals surface area contributed by atoms with Gasteiger partial charge in [-0.15, -0.1) is 0 Å². The van der Waals surface area contributed by atoms with Gasteiger partial charge in [0.15, 0.2) is 15.7 Å². The molecule has 0 saturated carbocycles. The van der Waals surface area contributed by atoms with Gasteiger partial charge in [0.05, 0.1) is 27.6 Å². The first kappa shape index (κ1) is 32.5. The number of nitrogens with two attached hydrogens (primary N) is 1. The van der Waals surface area contributed by atoms with Gasteiger partial charge >= 0.3 is 0 Å². The standard InChI is InChI=1S/C28H37ClN4O3S.CH5N/c1-18(2)36-26-16-22(21-11-13-31-14-12-21)20(5)15-25(26)33-28(23(29)17-30-6)32-24-9-7-8-10-27(24)37(34,35)19(3)4;1-2/h7-10,15-19,21,31H,6,11-14H2,1-5H3,(H,32,33);2H2,1H3/b23-17+;. The molecule has 8 nitrogen and oxygen atoms in total. The van der Waals surface area contributed by atoms with Crippen LogP contribution in [0.1, 0.15) is 57.6 Å². The number of halogens is 1. The number of hydrogen-bond acceptors (Lipinski definition) is 7. The number of piperidine rings is 1. The predicted molar refractivity (Wildman–Crippen MR) is 165 cm³/mol. The van der Waals surface area contributed by atoms with Gasteiger partial charge < -0.3 is 21.1 Å². The third kappa shape index (κ3) is 8.63. The zero-order valence-electron chi connectivity index (χ0n) is 23.8. The summed E-state index contributed by atoms with van der Waals surface area (Å²) in [6.45, 7) is 14.8. The number of rotatable bonds is 9. The van der Waals surface area contributed by atoms with Gasteiger partial charge in [-0.3, -0.25) is 4.99 Å². The maximum Gasteiger partial charge on any atom is 0.182 e. The van der Waals surface area contributed by atoms with E-state index in [2.05, 4.69) is 46.1 Å². The smallest absolute Gasteiger partial charge is 0.182 e. The molecule has 39 heavy (non-hydrogen) atoms. The number of sulfone groups is 1. The molecule has 2 aromatic rings. The van der Waals surface area contributed by atoms with Crippen molar-refractivity contribution < 1.29 is 13.2 Å². The van der Waals surface area contributed by atoms with E-state index in [1.807, 2.05) is 19.9 Å². The molecule has 1 saturated heterocycles. The van der Waals surface area contributed by atoms with Gasteiger partial charge in [-0.1, -0.05) is 23.7 Å². The van der Waals surface area contributed by atoms with Gasteiger partial charge in [0.25, 0.3) is 0 Å². The second-order valence-electron chi connectivity index (χ2n) is 9.70. The number of amidine groups is 1. The minimum absolute atomic E-state index is 0.0534. The molecule has 0 bridgehead atoms. The number of para-hydroxylation sites is 1. The van der Waals surface area contributed by atoms with Crippen molar-refractivity contribution in [3.05, 3.63) is 58.8 Å². The molecule has 4 N–H and O–H groups in total. The van der Waals surface area contributed by atoms with Gasteiger partial charge in [0, 0.05) is 6.20 Å². The number of nitrogens with zero attached hydrogens (tertiary/aromatic N) is 2. The summed E-state index contributed by atoms with van der Waals surface area (Å²) in [5, 5.41) is 6.30. The maximum absolute atomic E-state index is 13.0. The van der Waals surface area contributed by atoms with Crippen molar-refractivity contribution in [1.29, 1.82) is 0 Å². The van der Waals surface area contributed by atoms with E-state index in [9.17, 15) is 8.42 Å². The van der Waals surface area contributed by atoms with E-state index in [0.29, 0.717) is 17.4 Å². The fourth-order valence-corrected chi connectivity index (χ4v) is 5.64. The molecule has 3 rings (SSSR count). The molecular weight excluding hydrogens is 534 g/mol. The first-order chi connectivity index (χ1) is 18.5. The molecule has 1 aliphatic rings. The van der Waals surface area contributed by atoms with Crippen molar-refractivity contribution in [1.82, 2.24) is 5.32 Å². The lowest BCUT2D eigenvalue weighted by molar-refractivity contribution is 0.243. The average Bonchev–Trinajstić information content (AvgIpc) is 2.91. The zero-order chi connectivity index (χ0) is 29.2. The molecule has 0 aromatic heterocycles. The average molecular weight is 576 g/mol. The fraction of sp³-hybridized carbons (Fsp3) is 0.448. The van der Waals surface area contributed by atoms with Crippen LogP contribution < -0.4 is 21.1 Å². The lowest BCUT2D eigenvalue weighted by atomic mass is 9.87. The third-order valence-electron chi connectivity index (χ3n) is 6.22. The minimum Gasteiger partial charge on any atom is -0.489 e. The Morgan fingerprint density at radius 1 is 1.18 bits per heavy atom. The van der Waals surface area contributed by atoms with Gasteiger partial charge in [0.2, 0.25) is 0 Å². The highest BCUT2D eigenvalue weighted by Crippen LogP contribution is 2.37. The summed E-state index contributed by atoms with van der Waals surface area (Å²) in [7, 11) is -2.08. The number of aryl methyl sites for hydroxylation is 1. The van der Waals surface area contributed by atoms with Crippen LogP contribution in [0.15, 0.2) is 62.5 Å². The largest absolute Gasteiger partial charge is 0.489 e. The molecule has 0 atom stereocenters. The summed E-state index contributed by atoms with van der Waals surface area (Å²) in [6.07, 6.45) is 3.46. The molecular formula is C29H42ClN5O3S. The van der Waals surface area contributed by atoms with Gasteiger partial charge in [-0.2, -0.15) is 0 Å². The first-order valence-electron chi connectivity index (χ1n) is 13.1. The van der Waals surface area contributed by atoms with E-state index in [1.54, 1.807) is 38.1 Å². The second-order valence-corrected chi connectivity index (χ2v) is 12.6. The lowest BCUT2D eigenvalue weighted by Gasteiger charge is -2.26. The van der Waals surface area contributed by atoms with E-state index in [4.69, 9.17) is 16.3 Å². The Hall–Kier alpha value is -2.72. The Kier molecular flexibility index (Phi) is 12.6. The van der Waals surface area contributed by atoms with Gasteiger partial charge in [-0.05, 0) is 116 Å². The SMILES string of the molecule is C=N/C=C(/Cl)C(=Nc1ccccc1S(=O)(=O)C(C)C)Nc1cc(C)c(C2CCNCC2)cc1OC(C)C.CN. The van der Waals surface area contributed by atoms with Crippen molar-refractivity contribution in [2.24, 2.45) is 15.7 Å². The van der Waals surface area contributed by atoms with Crippen LogP contribution >= 0.6 is 11.6 Å². The Balaban J connectivity index is 0.00000260. The zero-order valence-corrected chi connectivity index (χ0v) is 25.4. The molecule has 0 radical (unpaired) electrons. The van der Waals surface area contributed by atoms with Crippen molar-refractivity contribution in [3.63, 3.8) is 0 Å². The number of benzene rings is 2. The van der Waals surface area contributed by atoms with E-state index in [1.165, 1.54) is 18.8 Å². The Labute approximate surface area is 238 Å². The topological polar surface area (TPSA) is 118 Å².